The summed E-state index contributed by atoms with van der Waals surface area (Å²) < 4.78 is 24.1. The van der Waals surface area contributed by atoms with Crippen LogP contribution in [0.4, 0.5) is 0 Å². The summed E-state index contributed by atoms with van der Waals surface area (Å²) in [6, 6.07) is 0. The van der Waals surface area contributed by atoms with Gasteiger partial charge in [0.25, 0.3) is 15.1 Å². The van der Waals surface area contributed by atoms with E-state index in [1.807, 2.05) is 0 Å². The maximum Gasteiger partial charge on any atom is 0.277 e. The Morgan fingerprint density at radius 1 is 1.46 bits per heavy atom. The highest BCUT2D eigenvalue weighted by Crippen LogP contribution is 1.98. The van der Waals surface area contributed by atoms with Gasteiger partial charge in [0.05, 0.1) is 0 Å². The van der Waals surface area contributed by atoms with E-state index in [1.54, 1.807) is 7.05 Å². The fourth-order valence-corrected chi connectivity index (χ4v) is 1.47. The molecule has 0 fully saturated rings. The smallest absolute Gasteiger partial charge is 0.265 e. The van der Waals surface area contributed by atoms with E-state index in [9.17, 15) is 8.42 Å². The number of hydrogen-bond acceptors (Lipinski definition) is 3. The third-order valence-electron chi connectivity index (χ3n) is 1.57. The van der Waals surface area contributed by atoms with Gasteiger partial charge in [-0.1, -0.05) is 13.2 Å². The maximum absolute atomic E-state index is 10.7. The van der Waals surface area contributed by atoms with Gasteiger partial charge in [-0.15, -0.1) is 0 Å². The predicted molar refractivity (Wildman–Crippen MR) is 49.8 cm³/mol. The highest BCUT2D eigenvalue weighted by Gasteiger charge is 2.02. The van der Waals surface area contributed by atoms with Crippen molar-refractivity contribution in [3.8, 4) is 0 Å². The monoisotopic (exact) mass is 199 g/mol. The Hall–Kier alpha value is -1.56. The largest absolute Gasteiger partial charge is 0.277 e. The van der Waals surface area contributed by atoms with Crippen molar-refractivity contribution in [2.45, 2.75) is 0 Å². The Labute approximate surface area is 76.8 Å². The molecular weight excluding hydrogens is 190 g/mol. The lowest BCUT2D eigenvalue weighted by atomic mass is 10.6. The van der Waals surface area contributed by atoms with Crippen LogP contribution in [-0.2, 0) is 17.3 Å². The van der Waals surface area contributed by atoms with E-state index < -0.39 is 10.3 Å². The Bertz CT molecular complexity index is 510. The second-order valence-corrected chi connectivity index (χ2v) is 3.08. The summed E-state index contributed by atoms with van der Waals surface area (Å²) >= 11 is 0. The number of hydrogen-bond donors (Lipinski definition) is 0. The van der Waals surface area contributed by atoms with Gasteiger partial charge in [0.15, 0.2) is 0 Å². The standard InChI is InChI=1S/C7H9N3O2S/c1-4-6-8-7(13(11)12)10(5-2)9(6)3/h4-5H,1-2H2,3H3. The number of nitrogens with zero attached hydrogens (tertiary/aromatic N) is 3. The van der Waals surface area contributed by atoms with E-state index in [-0.39, 0.29) is 4.77 Å². The van der Waals surface area contributed by atoms with Crippen LogP contribution in [0.2, 0.25) is 0 Å². The molecule has 1 heterocycles. The molecule has 0 aromatic carbocycles. The van der Waals surface area contributed by atoms with E-state index in [0.29, 0.717) is 5.82 Å². The van der Waals surface area contributed by atoms with Crippen molar-refractivity contribution in [2.75, 3.05) is 0 Å². The molecule has 0 N–H and O–H groups in total. The molecule has 0 amide bonds. The van der Waals surface area contributed by atoms with Crippen LogP contribution in [0.15, 0.2) is 13.2 Å². The third-order valence-corrected chi connectivity index (χ3v) is 2.14. The lowest BCUT2D eigenvalue weighted by molar-refractivity contribution is 0.618. The van der Waals surface area contributed by atoms with Gasteiger partial charge in [-0.3, -0.25) is 4.68 Å². The van der Waals surface area contributed by atoms with Crippen molar-refractivity contribution >= 4 is 22.6 Å². The highest BCUT2D eigenvalue weighted by molar-refractivity contribution is 7.63. The minimum atomic E-state index is -2.37. The van der Waals surface area contributed by atoms with E-state index in [0.717, 1.165) is 0 Å². The lowest BCUT2D eigenvalue weighted by Gasteiger charge is -1.99. The van der Waals surface area contributed by atoms with Gasteiger partial charge in [-0.25, -0.2) is 4.68 Å². The van der Waals surface area contributed by atoms with Crippen LogP contribution in [0.1, 0.15) is 5.82 Å². The molecule has 0 bridgehead atoms. The van der Waals surface area contributed by atoms with Crippen LogP contribution in [0.5, 0.6) is 0 Å². The molecule has 1 aromatic heterocycles. The minimum absolute atomic E-state index is 0.0765. The summed E-state index contributed by atoms with van der Waals surface area (Å²) in [6.07, 6.45) is 2.83. The zero-order valence-electron chi connectivity index (χ0n) is 7.14. The highest BCUT2D eigenvalue weighted by atomic mass is 32.2. The van der Waals surface area contributed by atoms with Crippen LogP contribution in [0.3, 0.4) is 0 Å². The quantitative estimate of drug-likeness (QED) is 0.647. The van der Waals surface area contributed by atoms with E-state index in [2.05, 4.69) is 18.1 Å². The van der Waals surface area contributed by atoms with Gasteiger partial charge in [-0.2, -0.15) is 13.4 Å². The lowest BCUT2D eigenvalue weighted by Crippen LogP contribution is -2.03. The summed E-state index contributed by atoms with van der Waals surface area (Å²) in [4.78, 5) is 3.82. The Kier molecular flexibility index (Phi) is 2.52. The molecule has 5 nitrogen and oxygen atoms in total. The Balaban J connectivity index is 3.87. The first-order valence-corrected chi connectivity index (χ1v) is 4.52. The molecule has 0 aliphatic rings. The molecule has 6 heteroatoms. The van der Waals surface area contributed by atoms with Crippen molar-refractivity contribution in [1.29, 1.82) is 0 Å². The van der Waals surface area contributed by atoms with Gasteiger partial charge in [0.2, 0.25) is 0 Å². The molecule has 0 unspecified atom stereocenters. The Morgan fingerprint density at radius 3 is 2.38 bits per heavy atom. The molecule has 0 atom stereocenters. The molecule has 70 valence electrons. The second-order valence-electron chi connectivity index (χ2n) is 2.24. The first-order chi connectivity index (χ1) is 6.11. The first kappa shape index (κ1) is 9.53. The summed E-state index contributed by atoms with van der Waals surface area (Å²) in [5, 5.41) is 0. The van der Waals surface area contributed by atoms with Crippen LogP contribution >= 0.6 is 0 Å². The van der Waals surface area contributed by atoms with Gasteiger partial charge in [0, 0.05) is 13.2 Å². The fraction of sp³-hybridized carbons (Fsp3) is 0.143. The number of rotatable bonds is 2. The normalized spacial score (nSPS) is 9.62. The fourth-order valence-electron chi connectivity index (χ4n) is 0.952. The van der Waals surface area contributed by atoms with Crippen molar-refractivity contribution < 1.29 is 8.42 Å². The van der Waals surface area contributed by atoms with E-state index in [4.69, 9.17) is 0 Å². The Morgan fingerprint density at radius 2 is 2.08 bits per heavy atom. The van der Waals surface area contributed by atoms with Crippen LogP contribution in [0.25, 0.3) is 12.3 Å². The average Bonchev–Trinajstić information content (AvgIpc) is 2.42. The summed E-state index contributed by atoms with van der Waals surface area (Å²) in [5.41, 5.74) is 0. The van der Waals surface area contributed by atoms with Crippen LogP contribution in [-0.4, -0.2) is 22.8 Å². The molecule has 0 radical (unpaired) electrons. The predicted octanol–water partition coefficient (Wildman–Crippen LogP) is 0.376. The number of aromatic nitrogens is 3. The van der Waals surface area contributed by atoms with Gasteiger partial charge in [-0.05, 0) is 6.08 Å². The first-order valence-electron chi connectivity index (χ1n) is 3.44. The van der Waals surface area contributed by atoms with Crippen molar-refractivity contribution in [3.05, 3.63) is 23.8 Å². The van der Waals surface area contributed by atoms with Crippen molar-refractivity contribution in [3.63, 3.8) is 0 Å². The summed E-state index contributed by atoms with van der Waals surface area (Å²) in [5.74, 6) is 0.471. The topological polar surface area (TPSA) is 56.9 Å². The van der Waals surface area contributed by atoms with Gasteiger partial charge in [0.1, 0.15) is 5.82 Å². The van der Waals surface area contributed by atoms with Gasteiger partial charge >= 0.3 is 0 Å². The van der Waals surface area contributed by atoms with Crippen molar-refractivity contribution in [2.24, 2.45) is 7.05 Å². The SMILES string of the molecule is C=Cc1nc(=S(=O)=O)n(C=C)n1C. The molecule has 1 aromatic rings. The minimum Gasteiger partial charge on any atom is -0.265 e. The molecule has 0 aliphatic carbocycles. The summed E-state index contributed by atoms with van der Waals surface area (Å²) in [6.45, 7) is 6.98. The zero-order valence-corrected chi connectivity index (χ0v) is 7.95. The molecular formula is C7H9N3O2S. The second kappa shape index (κ2) is 3.44. The summed E-state index contributed by atoms with van der Waals surface area (Å²) in [7, 11) is -0.701. The third kappa shape index (κ3) is 1.48. The molecule has 0 aliphatic heterocycles. The van der Waals surface area contributed by atoms with Gasteiger partial charge < -0.3 is 0 Å². The molecule has 0 saturated heterocycles. The van der Waals surface area contributed by atoms with E-state index in [1.165, 1.54) is 21.6 Å². The molecule has 1 rings (SSSR count). The molecule has 0 spiro atoms. The average molecular weight is 199 g/mol. The van der Waals surface area contributed by atoms with Crippen molar-refractivity contribution in [1.82, 2.24) is 14.3 Å². The zero-order chi connectivity index (χ0) is 10.0. The van der Waals surface area contributed by atoms with Crippen LogP contribution < -0.4 is 0 Å². The molecule has 13 heavy (non-hydrogen) atoms. The van der Waals surface area contributed by atoms with Crippen LogP contribution in [0, 0.1) is 4.77 Å². The van der Waals surface area contributed by atoms with E-state index >= 15 is 0 Å². The maximum atomic E-state index is 10.7. The molecule has 0 saturated carbocycles.